The summed E-state index contributed by atoms with van der Waals surface area (Å²) in [6.45, 7) is 5.04. The molecule has 0 amide bonds. The van der Waals surface area contributed by atoms with Gasteiger partial charge in [0.2, 0.25) is 0 Å². The van der Waals surface area contributed by atoms with Crippen molar-refractivity contribution < 1.29 is 13.2 Å². The molecule has 0 aliphatic carbocycles. The van der Waals surface area contributed by atoms with Crippen LogP contribution in [0.15, 0.2) is 24.3 Å². The predicted octanol–water partition coefficient (Wildman–Crippen LogP) is 3.36. The normalized spacial score (nSPS) is 21.7. The van der Waals surface area contributed by atoms with E-state index >= 15 is 0 Å². The first kappa shape index (κ1) is 14.4. The molecule has 0 bridgehead atoms. The fourth-order valence-corrected chi connectivity index (χ4v) is 4.31. The zero-order chi connectivity index (χ0) is 13.9. The topological polar surface area (TPSA) is 43.4 Å². The van der Waals surface area contributed by atoms with Crippen LogP contribution in [0.1, 0.15) is 43.9 Å². The van der Waals surface area contributed by atoms with Gasteiger partial charge in [-0.25, -0.2) is 8.42 Å². The highest BCUT2D eigenvalue weighted by atomic mass is 32.2. The first-order chi connectivity index (χ1) is 8.99. The minimum absolute atomic E-state index is 0.308. The summed E-state index contributed by atoms with van der Waals surface area (Å²) in [5.41, 5.74) is 0.897. The molecular formula is C15H22O3S. The maximum absolute atomic E-state index is 11.9. The smallest absolute Gasteiger partial charge is 0.157 e. The Balaban J connectivity index is 1.99. The van der Waals surface area contributed by atoms with Crippen molar-refractivity contribution in [2.24, 2.45) is 5.92 Å². The van der Waals surface area contributed by atoms with E-state index in [2.05, 4.69) is 13.8 Å². The Morgan fingerprint density at radius 3 is 2.47 bits per heavy atom. The highest BCUT2D eigenvalue weighted by Gasteiger charge is 2.32. The molecule has 0 aromatic heterocycles. The van der Waals surface area contributed by atoms with Crippen LogP contribution in [-0.2, 0) is 9.84 Å². The third kappa shape index (κ3) is 3.72. The average molecular weight is 282 g/mol. The largest absolute Gasteiger partial charge is 0.494 e. The lowest BCUT2D eigenvalue weighted by Crippen LogP contribution is -2.08. The number of hydrogen-bond acceptors (Lipinski definition) is 3. The standard InChI is InChI=1S/C15H22O3S/c1-12(2)9-10-18-14-7-5-13(6-8-14)15-4-3-11-19(15,16)17/h5-8,12,15H,3-4,9-11H2,1-2H3. The van der Waals surface area contributed by atoms with Gasteiger partial charge in [0.05, 0.1) is 17.6 Å². The van der Waals surface area contributed by atoms with Crippen molar-refractivity contribution >= 4 is 9.84 Å². The molecule has 3 nitrogen and oxygen atoms in total. The minimum atomic E-state index is -2.92. The van der Waals surface area contributed by atoms with Crippen molar-refractivity contribution in [1.82, 2.24) is 0 Å². The van der Waals surface area contributed by atoms with Gasteiger partial charge in [-0.05, 0) is 42.9 Å². The highest BCUT2D eigenvalue weighted by Crippen LogP contribution is 2.35. The summed E-state index contributed by atoms with van der Waals surface area (Å²) in [6.07, 6.45) is 2.55. The number of rotatable bonds is 5. The van der Waals surface area contributed by atoms with Crippen LogP contribution < -0.4 is 4.74 Å². The quantitative estimate of drug-likeness (QED) is 0.831. The van der Waals surface area contributed by atoms with Crippen LogP contribution >= 0.6 is 0 Å². The van der Waals surface area contributed by atoms with E-state index in [4.69, 9.17) is 4.74 Å². The number of benzene rings is 1. The second-order valence-corrected chi connectivity index (χ2v) is 7.90. The van der Waals surface area contributed by atoms with Gasteiger partial charge in [-0.1, -0.05) is 26.0 Å². The molecule has 1 aromatic rings. The first-order valence-corrected chi connectivity index (χ1v) is 8.65. The van der Waals surface area contributed by atoms with Gasteiger partial charge in [-0.2, -0.15) is 0 Å². The molecule has 4 heteroatoms. The van der Waals surface area contributed by atoms with Gasteiger partial charge in [-0.15, -0.1) is 0 Å². The third-order valence-electron chi connectivity index (χ3n) is 3.54. The van der Waals surface area contributed by atoms with Crippen molar-refractivity contribution in [2.75, 3.05) is 12.4 Å². The zero-order valence-electron chi connectivity index (χ0n) is 11.6. The van der Waals surface area contributed by atoms with Crippen LogP contribution in [0.4, 0.5) is 0 Å². The average Bonchev–Trinajstić information content (AvgIpc) is 2.69. The van der Waals surface area contributed by atoms with E-state index in [0.717, 1.165) is 30.6 Å². The molecule has 106 valence electrons. The van der Waals surface area contributed by atoms with Gasteiger partial charge in [-0.3, -0.25) is 0 Å². The molecule has 19 heavy (non-hydrogen) atoms. The highest BCUT2D eigenvalue weighted by molar-refractivity contribution is 7.91. The van der Waals surface area contributed by atoms with Crippen molar-refractivity contribution in [3.8, 4) is 5.75 Å². The van der Waals surface area contributed by atoms with Gasteiger partial charge in [0, 0.05) is 0 Å². The molecule has 1 saturated heterocycles. The molecule has 0 saturated carbocycles. The fraction of sp³-hybridized carbons (Fsp3) is 0.600. The van der Waals surface area contributed by atoms with Crippen molar-refractivity contribution in [1.29, 1.82) is 0 Å². The Morgan fingerprint density at radius 2 is 1.95 bits per heavy atom. The Bertz CT molecular complexity index is 503. The first-order valence-electron chi connectivity index (χ1n) is 6.93. The molecule has 1 unspecified atom stereocenters. The summed E-state index contributed by atoms with van der Waals surface area (Å²) in [5, 5.41) is -0.308. The maximum Gasteiger partial charge on any atom is 0.157 e. The molecule has 1 fully saturated rings. The van der Waals surface area contributed by atoms with Crippen molar-refractivity contribution in [2.45, 2.75) is 38.4 Å². The lowest BCUT2D eigenvalue weighted by Gasteiger charge is -2.12. The molecular weight excluding hydrogens is 260 g/mol. The van der Waals surface area contributed by atoms with E-state index in [0.29, 0.717) is 18.3 Å². The van der Waals surface area contributed by atoms with E-state index in [1.807, 2.05) is 24.3 Å². The second-order valence-electron chi connectivity index (χ2n) is 5.60. The molecule has 0 spiro atoms. The van der Waals surface area contributed by atoms with Crippen LogP contribution in [0.5, 0.6) is 5.75 Å². The Labute approximate surface area is 115 Å². The predicted molar refractivity (Wildman–Crippen MR) is 77.2 cm³/mol. The maximum atomic E-state index is 11.9. The molecule has 1 aliphatic heterocycles. The zero-order valence-corrected chi connectivity index (χ0v) is 12.4. The van der Waals surface area contributed by atoms with E-state index in [9.17, 15) is 8.42 Å². The van der Waals surface area contributed by atoms with Crippen LogP contribution in [0, 0.1) is 5.92 Å². The van der Waals surface area contributed by atoms with E-state index in [1.54, 1.807) is 0 Å². The molecule has 1 aromatic carbocycles. The Morgan fingerprint density at radius 1 is 1.26 bits per heavy atom. The summed E-state index contributed by atoms with van der Waals surface area (Å²) in [4.78, 5) is 0. The van der Waals surface area contributed by atoms with E-state index in [-0.39, 0.29) is 5.25 Å². The summed E-state index contributed by atoms with van der Waals surface area (Å²) in [5.74, 6) is 1.77. The van der Waals surface area contributed by atoms with Gasteiger partial charge < -0.3 is 4.74 Å². The molecule has 0 radical (unpaired) electrons. The molecule has 0 N–H and O–H groups in total. The fourth-order valence-electron chi connectivity index (χ4n) is 2.36. The second kappa shape index (κ2) is 5.95. The van der Waals surface area contributed by atoms with Crippen LogP contribution in [0.3, 0.4) is 0 Å². The number of sulfone groups is 1. The molecule has 1 atom stereocenters. The van der Waals surface area contributed by atoms with Gasteiger partial charge in [0.1, 0.15) is 5.75 Å². The number of ether oxygens (including phenoxy) is 1. The lowest BCUT2D eigenvalue weighted by molar-refractivity contribution is 0.289. The Hall–Kier alpha value is -1.03. The SMILES string of the molecule is CC(C)CCOc1ccc(C2CCCS2(=O)=O)cc1. The molecule has 1 heterocycles. The van der Waals surface area contributed by atoms with Crippen molar-refractivity contribution in [3.05, 3.63) is 29.8 Å². The molecule has 1 aliphatic rings. The van der Waals surface area contributed by atoms with Crippen LogP contribution in [-0.4, -0.2) is 20.8 Å². The van der Waals surface area contributed by atoms with Crippen LogP contribution in [0.2, 0.25) is 0 Å². The summed E-state index contributed by atoms with van der Waals surface area (Å²) in [6, 6.07) is 7.53. The van der Waals surface area contributed by atoms with E-state index in [1.165, 1.54) is 0 Å². The number of hydrogen-bond donors (Lipinski definition) is 0. The minimum Gasteiger partial charge on any atom is -0.494 e. The third-order valence-corrected chi connectivity index (χ3v) is 5.78. The van der Waals surface area contributed by atoms with Crippen LogP contribution in [0.25, 0.3) is 0 Å². The van der Waals surface area contributed by atoms with Gasteiger partial charge in [0.15, 0.2) is 9.84 Å². The van der Waals surface area contributed by atoms with Gasteiger partial charge >= 0.3 is 0 Å². The molecule has 2 rings (SSSR count). The summed E-state index contributed by atoms with van der Waals surface area (Å²) in [7, 11) is -2.92. The van der Waals surface area contributed by atoms with E-state index < -0.39 is 9.84 Å². The van der Waals surface area contributed by atoms with Crippen molar-refractivity contribution in [3.63, 3.8) is 0 Å². The summed E-state index contributed by atoms with van der Waals surface area (Å²) >= 11 is 0. The van der Waals surface area contributed by atoms with Gasteiger partial charge in [0.25, 0.3) is 0 Å². The monoisotopic (exact) mass is 282 g/mol. The summed E-state index contributed by atoms with van der Waals surface area (Å²) < 4.78 is 29.4. The Kier molecular flexibility index (Phi) is 4.50. The lowest BCUT2D eigenvalue weighted by atomic mass is 10.1.